The smallest absolute Gasteiger partial charge is 0.265 e. The third kappa shape index (κ3) is 2.23. The van der Waals surface area contributed by atoms with Crippen molar-refractivity contribution in [3.63, 3.8) is 0 Å². The van der Waals surface area contributed by atoms with Crippen LogP contribution in [0.5, 0.6) is 0 Å². The zero-order valence-electron chi connectivity index (χ0n) is 13.6. The Kier molecular flexibility index (Phi) is 3.45. The van der Waals surface area contributed by atoms with Crippen molar-refractivity contribution in [2.75, 3.05) is 0 Å². The van der Waals surface area contributed by atoms with Gasteiger partial charge in [0.1, 0.15) is 0 Å². The van der Waals surface area contributed by atoms with Gasteiger partial charge in [0, 0.05) is 28.3 Å². The molecule has 2 aliphatic carbocycles. The first-order valence-corrected chi connectivity index (χ1v) is 8.07. The Morgan fingerprint density at radius 3 is 2.23 bits per heavy atom. The summed E-state index contributed by atoms with van der Waals surface area (Å²) in [4.78, 5) is 36.3. The molecule has 6 nitrogen and oxygen atoms in total. The minimum atomic E-state index is -1.09. The maximum absolute atomic E-state index is 13.1. The van der Waals surface area contributed by atoms with E-state index in [0.29, 0.717) is 22.3 Å². The van der Waals surface area contributed by atoms with Crippen LogP contribution in [0.25, 0.3) is 0 Å². The fourth-order valence-corrected chi connectivity index (χ4v) is 3.51. The number of fused-ring (bicyclic) bond motifs is 2. The Morgan fingerprint density at radius 1 is 0.962 bits per heavy atom. The highest BCUT2D eigenvalue weighted by Crippen LogP contribution is 2.37. The van der Waals surface area contributed by atoms with Gasteiger partial charge in [0.25, 0.3) is 5.70 Å². The molecule has 1 atom stereocenters. The number of carbonyl (C=O) groups excluding carboxylic acids is 2. The number of benzene rings is 2. The Hall–Kier alpha value is -3.38. The van der Waals surface area contributed by atoms with Crippen LogP contribution in [0.4, 0.5) is 0 Å². The lowest BCUT2D eigenvalue weighted by Gasteiger charge is -2.31. The zero-order valence-corrected chi connectivity index (χ0v) is 13.6. The van der Waals surface area contributed by atoms with Gasteiger partial charge in [0.05, 0.1) is 10.5 Å². The maximum Gasteiger partial charge on any atom is 0.265 e. The summed E-state index contributed by atoms with van der Waals surface area (Å²) >= 11 is 0. The summed E-state index contributed by atoms with van der Waals surface area (Å²) in [7, 11) is 0. The van der Waals surface area contributed by atoms with E-state index in [2.05, 4.69) is 0 Å². The third-order valence-corrected chi connectivity index (χ3v) is 4.87. The number of rotatable bonds is 2. The van der Waals surface area contributed by atoms with E-state index in [1.807, 2.05) is 0 Å². The minimum Gasteiger partial charge on any atom is -0.318 e. The van der Waals surface area contributed by atoms with Gasteiger partial charge in [-0.1, -0.05) is 48.5 Å². The molecule has 0 radical (unpaired) electrons. The van der Waals surface area contributed by atoms with E-state index in [1.54, 1.807) is 42.5 Å². The summed E-state index contributed by atoms with van der Waals surface area (Å²) in [5, 5.41) is 10.9. The molecule has 128 valence electrons. The number of nitro groups is 1. The SMILES string of the molecule is NC1(c2cccc3c2C(=O)c2ccccc2C3=O)C=CC([N+](=O)[O-])=CC1. The Balaban J connectivity index is 1.87. The summed E-state index contributed by atoms with van der Waals surface area (Å²) in [5.41, 5.74) is 7.17. The number of nitrogens with two attached hydrogens (primary N) is 1. The summed E-state index contributed by atoms with van der Waals surface area (Å²) < 4.78 is 0. The van der Waals surface area contributed by atoms with Crippen LogP contribution in [0.15, 0.2) is 66.4 Å². The normalized spacial score (nSPS) is 21.0. The van der Waals surface area contributed by atoms with E-state index in [-0.39, 0.29) is 29.2 Å². The fourth-order valence-electron chi connectivity index (χ4n) is 3.51. The third-order valence-electron chi connectivity index (χ3n) is 4.87. The molecule has 2 aromatic rings. The van der Waals surface area contributed by atoms with Crippen molar-refractivity contribution in [2.24, 2.45) is 5.73 Å². The molecular weight excluding hydrogens is 332 g/mol. The molecule has 0 saturated carbocycles. The summed E-state index contributed by atoms with van der Waals surface area (Å²) in [6, 6.07) is 11.7. The van der Waals surface area contributed by atoms with Crippen LogP contribution < -0.4 is 5.73 Å². The molecule has 6 heteroatoms. The molecule has 0 amide bonds. The van der Waals surface area contributed by atoms with Crippen LogP contribution in [-0.4, -0.2) is 16.5 Å². The second-order valence-corrected chi connectivity index (χ2v) is 6.40. The van der Waals surface area contributed by atoms with Gasteiger partial charge in [0.2, 0.25) is 0 Å². The van der Waals surface area contributed by atoms with Gasteiger partial charge in [0.15, 0.2) is 11.6 Å². The highest BCUT2D eigenvalue weighted by Gasteiger charge is 2.37. The Morgan fingerprint density at radius 2 is 1.62 bits per heavy atom. The highest BCUT2D eigenvalue weighted by atomic mass is 16.6. The lowest BCUT2D eigenvalue weighted by atomic mass is 9.75. The van der Waals surface area contributed by atoms with Gasteiger partial charge >= 0.3 is 0 Å². The minimum absolute atomic E-state index is 0.0383. The van der Waals surface area contributed by atoms with E-state index in [0.717, 1.165) is 0 Å². The number of allylic oxidation sites excluding steroid dienone is 1. The molecule has 0 saturated heterocycles. The van der Waals surface area contributed by atoms with E-state index in [1.165, 1.54) is 18.2 Å². The van der Waals surface area contributed by atoms with Crippen molar-refractivity contribution in [2.45, 2.75) is 12.0 Å². The van der Waals surface area contributed by atoms with E-state index in [4.69, 9.17) is 5.73 Å². The fraction of sp³-hybridized carbons (Fsp3) is 0.100. The molecule has 0 aliphatic heterocycles. The van der Waals surface area contributed by atoms with Crippen LogP contribution in [-0.2, 0) is 5.54 Å². The van der Waals surface area contributed by atoms with Crippen LogP contribution in [0.2, 0.25) is 0 Å². The monoisotopic (exact) mass is 346 g/mol. The molecule has 0 fully saturated rings. The maximum atomic E-state index is 13.1. The van der Waals surface area contributed by atoms with Crippen molar-refractivity contribution in [3.8, 4) is 0 Å². The van der Waals surface area contributed by atoms with E-state index < -0.39 is 10.5 Å². The molecule has 2 aromatic carbocycles. The standard InChI is InChI=1S/C20H14N2O4/c21-20(10-8-12(9-11-20)22(25)26)16-7-3-6-15-17(16)19(24)14-5-2-1-4-13(14)18(15)23/h1-10H,11,21H2. The van der Waals surface area contributed by atoms with Crippen molar-refractivity contribution in [1.82, 2.24) is 0 Å². The Labute approximate surface area is 148 Å². The molecule has 0 aromatic heterocycles. The second-order valence-electron chi connectivity index (χ2n) is 6.40. The van der Waals surface area contributed by atoms with Gasteiger partial charge in [-0.05, 0) is 18.1 Å². The predicted octanol–water partition coefficient (Wildman–Crippen LogP) is 2.74. The van der Waals surface area contributed by atoms with Gasteiger partial charge in [-0.3, -0.25) is 19.7 Å². The van der Waals surface area contributed by atoms with E-state index >= 15 is 0 Å². The first-order valence-electron chi connectivity index (χ1n) is 8.07. The van der Waals surface area contributed by atoms with Gasteiger partial charge < -0.3 is 5.73 Å². The lowest BCUT2D eigenvalue weighted by Crippen LogP contribution is -2.38. The quantitative estimate of drug-likeness (QED) is 0.567. The number of carbonyl (C=O) groups is 2. The molecule has 0 heterocycles. The lowest BCUT2D eigenvalue weighted by molar-refractivity contribution is -0.419. The molecule has 2 aliphatic rings. The largest absolute Gasteiger partial charge is 0.318 e. The molecule has 0 bridgehead atoms. The number of ketones is 2. The first kappa shape index (κ1) is 16.1. The van der Waals surface area contributed by atoms with Crippen LogP contribution in [0.1, 0.15) is 43.8 Å². The van der Waals surface area contributed by atoms with Gasteiger partial charge in [-0.15, -0.1) is 0 Å². The van der Waals surface area contributed by atoms with Crippen molar-refractivity contribution in [3.05, 3.63) is 104 Å². The topological polar surface area (TPSA) is 103 Å². The average Bonchev–Trinajstić information content (AvgIpc) is 2.66. The van der Waals surface area contributed by atoms with Crippen LogP contribution in [0.3, 0.4) is 0 Å². The summed E-state index contributed by atoms with van der Waals surface area (Å²) in [6.45, 7) is 0. The summed E-state index contributed by atoms with van der Waals surface area (Å²) in [5.74, 6) is -0.477. The van der Waals surface area contributed by atoms with Gasteiger partial charge in [-0.2, -0.15) is 0 Å². The van der Waals surface area contributed by atoms with E-state index in [9.17, 15) is 19.7 Å². The molecular formula is C20H14N2O4. The van der Waals surface area contributed by atoms with Crippen molar-refractivity contribution in [1.29, 1.82) is 0 Å². The zero-order chi connectivity index (χ0) is 18.5. The highest BCUT2D eigenvalue weighted by molar-refractivity contribution is 6.29. The van der Waals surface area contributed by atoms with Crippen molar-refractivity contribution < 1.29 is 14.5 Å². The van der Waals surface area contributed by atoms with Crippen molar-refractivity contribution >= 4 is 11.6 Å². The number of hydrogen-bond donors (Lipinski definition) is 1. The van der Waals surface area contributed by atoms with Crippen LogP contribution >= 0.6 is 0 Å². The summed E-state index contributed by atoms with van der Waals surface area (Å²) in [6.07, 6.45) is 4.47. The average molecular weight is 346 g/mol. The predicted molar refractivity (Wildman–Crippen MR) is 94.4 cm³/mol. The molecule has 1 unspecified atom stereocenters. The molecule has 26 heavy (non-hydrogen) atoms. The Bertz CT molecular complexity index is 1050. The molecule has 0 spiro atoms. The number of hydrogen-bond acceptors (Lipinski definition) is 5. The first-order chi connectivity index (χ1) is 12.4. The van der Waals surface area contributed by atoms with Crippen LogP contribution in [0, 0.1) is 10.1 Å². The number of nitrogens with zero attached hydrogens (tertiary/aromatic N) is 1. The molecule has 4 rings (SSSR count). The molecule has 2 N–H and O–H groups in total. The second kappa shape index (κ2) is 5.57. The van der Waals surface area contributed by atoms with Gasteiger partial charge in [-0.25, -0.2) is 0 Å².